The van der Waals surface area contributed by atoms with Gasteiger partial charge in [-0.25, -0.2) is 9.48 Å². The van der Waals surface area contributed by atoms with E-state index < -0.39 is 28.4 Å². The number of carbonyl (C=O) groups is 1. The van der Waals surface area contributed by atoms with Crippen molar-refractivity contribution in [1.29, 1.82) is 0 Å². The fourth-order valence-corrected chi connectivity index (χ4v) is 2.82. The van der Waals surface area contributed by atoms with Crippen molar-refractivity contribution in [1.82, 2.24) is 9.78 Å². The first-order valence-electron chi connectivity index (χ1n) is 6.77. The lowest BCUT2D eigenvalue weighted by Crippen LogP contribution is -2.22. The van der Waals surface area contributed by atoms with E-state index in [1.165, 1.54) is 6.92 Å². The maximum absolute atomic E-state index is 14.1. The number of methoxy groups -OCH3 is 1. The van der Waals surface area contributed by atoms with E-state index in [9.17, 15) is 27.2 Å². The summed E-state index contributed by atoms with van der Waals surface area (Å²) in [6.45, 7) is 1.40. The number of nitrogens with one attached hydrogen (secondary N) is 1. The molecule has 10 heteroatoms. The van der Waals surface area contributed by atoms with Crippen LogP contribution in [0.4, 0.5) is 17.6 Å². The van der Waals surface area contributed by atoms with Gasteiger partial charge in [-0.05, 0) is 19.1 Å². The van der Waals surface area contributed by atoms with Crippen molar-refractivity contribution < 1.29 is 27.1 Å². The van der Waals surface area contributed by atoms with E-state index in [2.05, 4.69) is 9.84 Å². The van der Waals surface area contributed by atoms with Crippen LogP contribution in [0.1, 0.15) is 5.69 Å². The Balaban J connectivity index is 2.50. The fraction of sp³-hybridized carbons (Fsp3) is 0.200. The molecule has 5 nitrogen and oxygen atoms in total. The third-order valence-electron chi connectivity index (χ3n) is 3.09. The zero-order valence-electron chi connectivity index (χ0n) is 13.0. The van der Waals surface area contributed by atoms with Gasteiger partial charge >= 0.3 is 12.1 Å². The molecule has 0 unspecified atom stereocenters. The molecule has 0 aliphatic rings. The first kappa shape index (κ1) is 18.8. The van der Waals surface area contributed by atoms with Crippen LogP contribution >= 0.6 is 11.8 Å². The number of aromatic nitrogens is 2. The number of alkyl halides is 3. The highest BCUT2D eigenvalue weighted by atomic mass is 32.2. The number of rotatable bonds is 4. The summed E-state index contributed by atoms with van der Waals surface area (Å²) in [5.41, 5.74) is -2.25. The summed E-state index contributed by atoms with van der Waals surface area (Å²) in [4.78, 5) is 23.3. The predicted molar refractivity (Wildman–Crippen MR) is 83.2 cm³/mol. The van der Waals surface area contributed by atoms with E-state index in [1.807, 2.05) is 0 Å². The largest absolute Gasteiger partial charge is 0.465 e. The quantitative estimate of drug-likeness (QED) is 0.384. The average molecular weight is 376 g/mol. The lowest BCUT2D eigenvalue weighted by atomic mass is 10.3. The molecular formula is C15H12F4N2O3S. The lowest BCUT2D eigenvalue weighted by Gasteiger charge is -2.10. The smallest absolute Gasteiger partial charge is 0.426 e. The van der Waals surface area contributed by atoms with Crippen molar-refractivity contribution in [3.05, 3.63) is 57.1 Å². The van der Waals surface area contributed by atoms with Gasteiger partial charge in [-0.15, -0.1) is 0 Å². The van der Waals surface area contributed by atoms with Crippen LogP contribution in [0.2, 0.25) is 0 Å². The van der Waals surface area contributed by atoms with Crippen LogP contribution in [-0.4, -0.2) is 29.0 Å². The molecule has 134 valence electrons. The molecule has 1 aromatic carbocycles. The molecule has 25 heavy (non-hydrogen) atoms. The number of aromatic amines is 1. The Hall–Kier alpha value is -2.49. The number of halogens is 4. The van der Waals surface area contributed by atoms with Gasteiger partial charge in [-0.3, -0.25) is 9.89 Å². The Bertz CT molecular complexity index is 869. The molecule has 0 radical (unpaired) electrons. The molecule has 0 fully saturated rings. The molecule has 0 saturated carbocycles. The molecule has 1 heterocycles. The second-order valence-electron chi connectivity index (χ2n) is 4.78. The summed E-state index contributed by atoms with van der Waals surface area (Å²) in [6, 6.07) is 8.21. The van der Waals surface area contributed by atoms with E-state index in [0.29, 0.717) is 12.8 Å². The highest BCUT2D eigenvalue weighted by molar-refractivity contribution is 8.03. The number of nitrogens with zero attached hydrogens (tertiary/aromatic N) is 1. The molecule has 0 saturated heterocycles. The first-order chi connectivity index (χ1) is 11.7. The van der Waals surface area contributed by atoms with Crippen LogP contribution in [-0.2, 0) is 9.53 Å². The number of ether oxygens (including phenoxy) is 1. The molecule has 0 spiro atoms. The van der Waals surface area contributed by atoms with E-state index >= 15 is 0 Å². The molecule has 0 aliphatic heterocycles. The van der Waals surface area contributed by atoms with Crippen LogP contribution in [0.5, 0.6) is 0 Å². The SMILES string of the molecule is COC(=O)/C(=C(/F)Sc1c(C)[nH]n(-c2ccccc2)c1=O)C(F)(F)F. The molecular weight excluding hydrogens is 364 g/mol. The summed E-state index contributed by atoms with van der Waals surface area (Å²) in [5.74, 6) is -1.87. The van der Waals surface area contributed by atoms with Crippen LogP contribution in [0, 0.1) is 6.92 Å². The molecule has 1 N–H and O–H groups in total. The van der Waals surface area contributed by atoms with Gasteiger partial charge < -0.3 is 4.74 Å². The summed E-state index contributed by atoms with van der Waals surface area (Å²) in [7, 11) is 0.704. The molecule has 0 bridgehead atoms. The van der Waals surface area contributed by atoms with Crippen molar-refractivity contribution in [2.75, 3.05) is 7.11 Å². The second-order valence-corrected chi connectivity index (χ2v) is 5.75. The van der Waals surface area contributed by atoms with Crippen molar-refractivity contribution in [3.8, 4) is 5.69 Å². The van der Waals surface area contributed by atoms with Crippen molar-refractivity contribution in [3.63, 3.8) is 0 Å². The summed E-state index contributed by atoms with van der Waals surface area (Å²) in [6.07, 6.45) is -5.26. The Labute approximate surface area is 143 Å². The minimum Gasteiger partial charge on any atom is -0.465 e. The Kier molecular flexibility index (Phi) is 5.41. The number of para-hydroxylation sites is 1. The van der Waals surface area contributed by atoms with Gasteiger partial charge in [0.15, 0.2) is 10.7 Å². The second kappa shape index (κ2) is 7.18. The van der Waals surface area contributed by atoms with Crippen LogP contribution in [0.3, 0.4) is 0 Å². The van der Waals surface area contributed by atoms with E-state index in [0.717, 1.165) is 4.68 Å². The van der Waals surface area contributed by atoms with Crippen molar-refractivity contribution >= 4 is 17.7 Å². The highest BCUT2D eigenvalue weighted by Crippen LogP contribution is 2.37. The molecule has 1 aromatic heterocycles. The van der Waals surface area contributed by atoms with Gasteiger partial charge in [0.1, 0.15) is 4.90 Å². The summed E-state index contributed by atoms with van der Waals surface area (Å²) >= 11 is -0.0815. The summed E-state index contributed by atoms with van der Waals surface area (Å²) in [5, 5.41) is 0.790. The van der Waals surface area contributed by atoms with Gasteiger partial charge in [-0.2, -0.15) is 17.6 Å². The summed E-state index contributed by atoms with van der Waals surface area (Å²) < 4.78 is 57.8. The fourth-order valence-electron chi connectivity index (χ4n) is 1.96. The maximum atomic E-state index is 14.1. The molecule has 0 aliphatic carbocycles. The standard InChI is InChI=1S/C15H12F4N2O3S/c1-8-11(13(22)21(20-8)9-6-4-3-5-7-9)25-12(16)10(14(23)24-2)15(17,18)19/h3-7,20H,1-2H3/b12-10+. The van der Waals surface area contributed by atoms with E-state index in [1.54, 1.807) is 30.3 Å². The van der Waals surface area contributed by atoms with Crippen molar-refractivity contribution in [2.45, 2.75) is 18.0 Å². The van der Waals surface area contributed by atoms with Crippen LogP contribution in [0.15, 0.2) is 50.8 Å². The Morgan fingerprint density at radius 1 is 1.24 bits per heavy atom. The minimum absolute atomic E-state index is 0.0815. The topological polar surface area (TPSA) is 64.1 Å². The van der Waals surface area contributed by atoms with Crippen molar-refractivity contribution in [2.24, 2.45) is 0 Å². The van der Waals surface area contributed by atoms with Crippen LogP contribution < -0.4 is 5.56 Å². The van der Waals surface area contributed by atoms with Crippen LogP contribution in [0.25, 0.3) is 5.69 Å². The number of esters is 1. The number of benzene rings is 1. The number of hydrogen-bond donors (Lipinski definition) is 1. The van der Waals surface area contributed by atoms with E-state index in [4.69, 9.17) is 0 Å². The normalized spacial score (nSPS) is 12.7. The van der Waals surface area contributed by atoms with E-state index in [-0.39, 0.29) is 22.4 Å². The van der Waals surface area contributed by atoms with Gasteiger partial charge in [0, 0.05) is 5.69 Å². The zero-order valence-corrected chi connectivity index (χ0v) is 13.8. The molecule has 0 amide bonds. The molecule has 0 atom stereocenters. The Morgan fingerprint density at radius 3 is 2.36 bits per heavy atom. The van der Waals surface area contributed by atoms with Gasteiger partial charge in [-0.1, -0.05) is 30.0 Å². The number of carbonyl (C=O) groups excluding carboxylic acids is 1. The number of aryl methyl sites for hydroxylation is 1. The maximum Gasteiger partial charge on any atom is 0.426 e. The first-order valence-corrected chi connectivity index (χ1v) is 7.58. The molecule has 2 aromatic rings. The highest BCUT2D eigenvalue weighted by Gasteiger charge is 2.43. The average Bonchev–Trinajstić information content (AvgIpc) is 2.82. The minimum atomic E-state index is -5.26. The monoisotopic (exact) mass is 376 g/mol. The number of hydrogen-bond acceptors (Lipinski definition) is 4. The zero-order chi connectivity index (χ0) is 18.8. The Morgan fingerprint density at radius 2 is 1.84 bits per heavy atom. The third kappa shape index (κ3) is 3.95. The lowest BCUT2D eigenvalue weighted by molar-refractivity contribution is -0.148. The van der Waals surface area contributed by atoms with Gasteiger partial charge in [0.05, 0.1) is 12.8 Å². The number of H-pyrrole nitrogens is 1. The predicted octanol–water partition coefficient (Wildman–Crippen LogP) is 3.48. The molecule has 2 rings (SSSR count). The van der Waals surface area contributed by atoms with Gasteiger partial charge in [0.2, 0.25) is 0 Å². The van der Waals surface area contributed by atoms with Gasteiger partial charge in [0.25, 0.3) is 5.56 Å². The third-order valence-corrected chi connectivity index (χ3v) is 4.16. The number of thioether (sulfide) groups is 1.